The van der Waals surface area contributed by atoms with Crippen LogP contribution in [0.3, 0.4) is 0 Å². The molecule has 3 nitrogen and oxygen atoms in total. The second kappa shape index (κ2) is 8.65. The molecule has 2 aromatic rings. The number of carbonyl (C=O) groups is 1. The highest BCUT2D eigenvalue weighted by atomic mass is 19.1. The SMILES string of the molecule is CC(=CC(=O)NC(C)C)c1ccc(-c2ccc(NC(C)C)cc2F)cc1. The van der Waals surface area contributed by atoms with Crippen molar-refractivity contribution in [3.63, 3.8) is 0 Å². The zero-order valence-corrected chi connectivity index (χ0v) is 16.1. The molecule has 0 saturated carbocycles. The second-order valence-corrected chi connectivity index (χ2v) is 7.06. The number of hydrogen-bond acceptors (Lipinski definition) is 2. The van der Waals surface area contributed by atoms with Crippen LogP contribution in [-0.2, 0) is 4.79 Å². The van der Waals surface area contributed by atoms with Gasteiger partial charge in [0.05, 0.1) is 0 Å². The summed E-state index contributed by atoms with van der Waals surface area (Å²) in [6.45, 7) is 9.77. The Bertz CT molecular complexity index is 792. The Kier molecular flexibility index (Phi) is 6.56. The standard InChI is InChI=1S/C22H27FN2O/c1-14(2)24-19-10-11-20(21(23)13-19)18-8-6-17(7-9-18)16(5)12-22(26)25-15(3)4/h6-15,24H,1-5H3,(H,25,26). The molecule has 26 heavy (non-hydrogen) atoms. The van der Waals surface area contributed by atoms with Crippen molar-refractivity contribution in [3.05, 3.63) is 59.9 Å². The third kappa shape index (κ3) is 5.45. The number of hydrogen-bond donors (Lipinski definition) is 2. The molecule has 2 rings (SSSR count). The highest BCUT2D eigenvalue weighted by Crippen LogP contribution is 2.27. The minimum absolute atomic E-state index is 0.102. The zero-order valence-electron chi connectivity index (χ0n) is 16.1. The van der Waals surface area contributed by atoms with Gasteiger partial charge in [0.25, 0.3) is 0 Å². The molecule has 0 aliphatic rings. The maximum Gasteiger partial charge on any atom is 0.244 e. The average molecular weight is 354 g/mol. The fraction of sp³-hybridized carbons (Fsp3) is 0.318. The van der Waals surface area contributed by atoms with Gasteiger partial charge >= 0.3 is 0 Å². The monoisotopic (exact) mass is 354 g/mol. The van der Waals surface area contributed by atoms with Gasteiger partial charge in [-0.25, -0.2) is 4.39 Å². The Morgan fingerprint density at radius 2 is 1.65 bits per heavy atom. The lowest BCUT2D eigenvalue weighted by atomic mass is 10.00. The second-order valence-electron chi connectivity index (χ2n) is 7.06. The third-order valence-corrected chi connectivity index (χ3v) is 3.85. The summed E-state index contributed by atoms with van der Waals surface area (Å²) in [5.74, 6) is -0.368. The summed E-state index contributed by atoms with van der Waals surface area (Å²) in [6, 6.07) is 13.1. The predicted molar refractivity (Wildman–Crippen MR) is 108 cm³/mol. The minimum Gasteiger partial charge on any atom is -0.383 e. The van der Waals surface area contributed by atoms with Crippen LogP contribution in [0.5, 0.6) is 0 Å². The molecule has 2 aromatic carbocycles. The maximum absolute atomic E-state index is 14.4. The molecule has 0 aliphatic carbocycles. The number of rotatable bonds is 6. The Labute approximate surface area is 155 Å². The molecule has 2 N–H and O–H groups in total. The topological polar surface area (TPSA) is 41.1 Å². The number of amides is 1. The lowest BCUT2D eigenvalue weighted by Crippen LogP contribution is -2.28. The van der Waals surface area contributed by atoms with Gasteiger partial charge in [0, 0.05) is 29.4 Å². The van der Waals surface area contributed by atoms with Crippen molar-refractivity contribution in [1.82, 2.24) is 5.32 Å². The number of benzene rings is 2. The van der Waals surface area contributed by atoms with Gasteiger partial charge in [0.15, 0.2) is 0 Å². The Morgan fingerprint density at radius 1 is 1.00 bits per heavy atom. The van der Waals surface area contributed by atoms with Gasteiger partial charge in [0.2, 0.25) is 5.91 Å². The molecule has 0 atom stereocenters. The molecule has 0 aliphatic heterocycles. The molecule has 0 spiro atoms. The number of nitrogens with one attached hydrogen (secondary N) is 2. The van der Waals surface area contributed by atoms with E-state index in [1.54, 1.807) is 12.1 Å². The van der Waals surface area contributed by atoms with Gasteiger partial charge in [-0.15, -0.1) is 0 Å². The van der Waals surface area contributed by atoms with Gasteiger partial charge in [-0.05, 0) is 69.5 Å². The smallest absolute Gasteiger partial charge is 0.244 e. The van der Waals surface area contributed by atoms with Gasteiger partial charge < -0.3 is 10.6 Å². The Morgan fingerprint density at radius 3 is 2.19 bits per heavy atom. The first kappa shape index (κ1) is 19.7. The minimum atomic E-state index is -0.257. The number of anilines is 1. The summed E-state index contributed by atoms with van der Waals surface area (Å²) in [5, 5.41) is 6.03. The molecule has 0 bridgehead atoms. The van der Waals surface area contributed by atoms with Crippen molar-refractivity contribution in [1.29, 1.82) is 0 Å². The van der Waals surface area contributed by atoms with Crippen LogP contribution in [0.1, 0.15) is 40.2 Å². The summed E-state index contributed by atoms with van der Waals surface area (Å²) in [5.41, 5.74) is 3.94. The molecule has 0 fully saturated rings. The number of carbonyl (C=O) groups excluding carboxylic acids is 1. The van der Waals surface area contributed by atoms with Gasteiger partial charge in [-0.2, -0.15) is 0 Å². The van der Waals surface area contributed by atoms with E-state index in [1.807, 2.05) is 65.0 Å². The highest BCUT2D eigenvalue weighted by Gasteiger charge is 2.08. The van der Waals surface area contributed by atoms with Gasteiger partial charge in [0.1, 0.15) is 5.82 Å². The molecule has 0 aromatic heterocycles. The largest absolute Gasteiger partial charge is 0.383 e. The lowest BCUT2D eigenvalue weighted by molar-refractivity contribution is -0.116. The maximum atomic E-state index is 14.4. The van der Waals surface area contributed by atoms with Crippen LogP contribution in [-0.4, -0.2) is 18.0 Å². The molecule has 0 unspecified atom stereocenters. The van der Waals surface area contributed by atoms with Crippen LogP contribution in [0.15, 0.2) is 48.5 Å². The molecule has 0 heterocycles. The van der Waals surface area contributed by atoms with Crippen molar-refractivity contribution in [3.8, 4) is 11.1 Å². The van der Waals surface area contributed by atoms with E-state index in [4.69, 9.17) is 0 Å². The van der Waals surface area contributed by atoms with Crippen LogP contribution in [0.25, 0.3) is 16.7 Å². The summed E-state index contributed by atoms with van der Waals surface area (Å²) >= 11 is 0. The van der Waals surface area contributed by atoms with E-state index >= 15 is 0 Å². The zero-order chi connectivity index (χ0) is 19.3. The van der Waals surface area contributed by atoms with E-state index in [0.717, 1.165) is 22.4 Å². The van der Waals surface area contributed by atoms with Crippen LogP contribution in [0.2, 0.25) is 0 Å². The summed E-state index contributed by atoms with van der Waals surface area (Å²) in [6.07, 6.45) is 1.59. The quantitative estimate of drug-likeness (QED) is 0.697. The van der Waals surface area contributed by atoms with E-state index in [1.165, 1.54) is 6.07 Å². The molecule has 0 radical (unpaired) electrons. The van der Waals surface area contributed by atoms with E-state index in [9.17, 15) is 9.18 Å². The fourth-order valence-electron chi connectivity index (χ4n) is 2.69. The molecule has 1 amide bonds. The number of halogens is 1. The van der Waals surface area contributed by atoms with Gasteiger partial charge in [-0.3, -0.25) is 4.79 Å². The highest BCUT2D eigenvalue weighted by molar-refractivity contribution is 5.95. The number of allylic oxidation sites excluding steroid dienone is 1. The normalized spacial score (nSPS) is 11.8. The summed E-state index contributed by atoms with van der Waals surface area (Å²) in [4.78, 5) is 11.8. The first-order valence-corrected chi connectivity index (χ1v) is 8.92. The third-order valence-electron chi connectivity index (χ3n) is 3.85. The average Bonchev–Trinajstić information content (AvgIpc) is 2.53. The first-order valence-electron chi connectivity index (χ1n) is 8.92. The van der Waals surface area contributed by atoms with E-state index in [0.29, 0.717) is 5.56 Å². The predicted octanol–water partition coefficient (Wildman–Crippen LogP) is 5.24. The molecule has 4 heteroatoms. The van der Waals surface area contributed by atoms with E-state index in [2.05, 4.69) is 10.6 Å². The molecule has 138 valence electrons. The summed E-state index contributed by atoms with van der Waals surface area (Å²) < 4.78 is 14.4. The first-order chi connectivity index (χ1) is 12.3. The van der Waals surface area contributed by atoms with Crippen molar-refractivity contribution >= 4 is 17.2 Å². The van der Waals surface area contributed by atoms with E-state index in [-0.39, 0.29) is 23.8 Å². The Hall–Kier alpha value is -2.62. The molecular weight excluding hydrogens is 327 g/mol. The molecule has 0 saturated heterocycles. The van der Waals surface area contributed by atoms with Crippen LogP contribution in [0.4, 0.5) is 10.1 Å². The van der Waals surface area contributed by atoms with Crippen LogP contribution >= 0.6 is 0 Å². The van der Waals surface area contributed by atoms with Crippen molar-refractivity contribution in [2.24, 2.45) is 0 Å². The van der Waals surface area contributed by atoms with Crippen LogP contribution < -0.4 is 10.6 Å². The van der Waals surface area contributed by atoms with Crippen molar-refractivity contribution < 1.29 is 9.18 Å². The molecular formula is C22H27FN2O. The fourth-order valence-corrected chi connectivity index (χ4v) is 2.69. The van der Waals surface area contributed by atoms with Gasteiger partial charge in [-0.1, -0.05) is 24.3 Å². The van der Waals surface area contributed by atoms with Crippen molar-refractivity contribution in [2.75, 3.05) is 5.32 Å². The van der Waals surface area contributed by atoms with Crippen molar-refractivity contribution in [2.45, 2.75) is 46.7 Å². The lowest BCUT2D eigenvalue weighted by Gasteiger charge is -2.12. The Balaban J connectivity index is 2.19. The van der Waals surface area contributed by atoms with Crippen LogP contribution in [0, 0.1) is 5.82 Å². The van der Waals surface area contributed by atoms with E-state index < -0.39 is 0 Å². The summed E-state index contributed by atoms with van der Waals surface area (Å²) in [7, 11) is 0.